The van der Waals surface area contributed by atoms with E-state index in [0.717, 1.165) is 17.7 Å². The Morgan fingerprint density at radius 3 is 2.52 bits per heavy atom. The number of halogens is 1. The van der Waals surface area contributed by atoms with Crippen molar-refractivity contribution in [1.82, 2.24) is 0 Å². The smallest absolute Gasteiger partial charge is 0.224 e. The number of hydrogen-bond donors (Lipinski definition) is 1. The number of benzene rings is 2. The maximum absolute atomic E-state index is 11.4. The number of hydrogen-bond acceptors (Lipinski definition) is 1. The number of alkyl halides is 1. The molecule has 0 radical (unpaired) electrons. The maximum atomic E-state index is 11.4. The zero-order valence-corrected chi connectivity index (χ0v) is 13.0. The first-order chi connectivity index (χ1) is 10.1. The predicted octanol–water partition coefficient (Wildman–Crippen LogP) is 4.52. The number of fused-ring (bicyclic) bond motifs is 1. The van der Waals surface area contributed by atoms with Crippen molar-refractivity contribution in [2.45, 2.75) is 32.1 Å². The molecule has 0 aromatic heterocycles. The normalized spacial score (nSPS) is 15.3. The van der Waals surface area contributed by atoms with Gasteiger partial charge in [-0.25, -0.2) is 0 Å². The van der Waals surface area contributed by atoms with Crippen LogP contribution < -0.4 is 5.32 Å². The molecule has 0 spiro atoms. The number of rotatable bonds is 2. The maximum Gasteiger partial charge on any atom is 0.224 e. The highest BCUT2D eigenvalue weighted by molar-refractivity contribution is 6.22. The second kappa shape index (κ2) is 5.53. The van der Waals surface area contributed by atoms with Crippen LogP contribution in [0.1, 0.15) is 39.6 Å². The SMILES string of the molecule is Cc1cccc(C)c1C(Cl)c1ccc2c(c1)CCC(=O)N2. The van der Waals surface area contributed by atoms with Crippen LogP contribution >= 0.6 is 11.6 Å². The lowest BCUT2D eigenvalue weighted by molar-refractivity contribution is -0.116. The van der Waals surface area contributed by atoms with Crippen molar-refractivity contribution in [2.24, 2.45) is 0 Å². The standard InChI is InChI=1S/C18H18ClNO/c1-11-4-3-5-12(2)17(11)18(19)14-6-8-15-13(10-14)7-9-16(21)20-15/h3-6,8,10,18H,7,9H2,1-2H3,(H,20,21). The Morgan fingerprint density at radius 2 is 1.81 bits per heavy atom. The fraction of sp³-hybridized carbons (Fsp3) is 0.278. The van der Waals surface area contributed by atoms with E-state index in [-0.39, 0.29) is 11.3 Å². The van der Waals surface area contributed by atoms with Gasteiger partial charge in [-0.3, -0.25) is 4.79 Å². The Labute approximate surface area is 130 Å². The summed E-state index contributed by atoms with van der Waals surface area (Å²) in [5.74, 6) is 0.0902. The molecule has 0 bridgehead atoms. The number of nitrogens with one attached hydrogen (secondary N) is 1. The highest BCUT2D eigenvalue weighted by Gasteiger charge is 2.19. The van der Waals surface area contributed by atoms with Gasteiger partial charge in [-0.15, -0.1) is 11.6 Å². The second-order valence-corrected chi connectivity index (χ2v) is 6.07. The molecule has 21 heavy (non-hydrogen) atoms. The molecule has 108 valence electrons. The number of anilines is 1. The summed E-state index contributed by atoms with van der Waals surface area (Å²) in [6.07, 6.45) is 1.33. The number of aryl methyl sites for hydroxylation is 3. The van der Waals surface area contributed by atoms with E-state index in [1.54, 1.807) is 0 Å². The van der Waals surface area contributed by atoms with Gasteiger partial charge in [0.1, 0.15) is 0 Å². The Hall–Kier alpha value is -1.80. The third-order valence-electron chi connectivity index (χ3n) is 4.11. The van der Waals surface area contributed by atoms with Gasteiger partial charge in [0, 0.05) is 12.1 Å². The average Bonchev–Trinajstić information content (AvgIpc) is 2.46. The third-order valence-corrected chi connectivity index (χ3v) is 4.58. The predicted molar refractivity (Wildman–Crippen MR) is 87.0 cm³/mol. The summed E-state index contributed by atoms with van der Waals surface area (Å²) in [5.41, 5.74) is 6.77. The van der Waals surface area contributed by atoms with Crippen molar-refractivity contribution in [3.8, 4) is 0 Å². The van der Waals surface area contributed by atoms with Gasteiger partial charge in [-0.05, 0) is 54.2 Å². The van der Waals surface area contributed by atoms with E-state index in [1.807, 2.05) is 12.1 Å². The van der Waals surface area contributed by atoms with E-state index in [9.17, 15) is 4.79 Å². The van der Waals surface area contributed by atoms with Crippen molar-refractivity contribution in [1.29, 1.82) is 0 Å². The lowest BCUT2D eigenvalue weighted by atomic mass is 9.93. The highest BCUT2D eigenvalue weighted by atomic mass is 35.5. The molecule has 3 rings (SSSR count). The van der Waals surface area contributed by atoms with Gasteiger partial charge in [-0.2, -0.15) is 0 Å². The summed E-state index contributed by atoms with van der Waals surface area (Å²) in [5, 5.41) is 2.75. The molecule has 2 aromatic rings. The van der Waals surface area contributed by atoms with Crippen LogP contribution in [0.2, 0.25) is 0 Å². The van der Waals surface area contributed by atoms with E-state index < -0.39 is 0 Å². The second-order valence-electron chi connectivity index (χ2n) is 5.63. The summed E-state index contributed by atoms with van der Waals surface area (Å²) in [6.45, 7) is 4.19. The molecule has 0 fully saturated rings. The lowest BCUT2D eigenvalue weighted by Gasteiger charge is -2.21. The van der Waals surface area contributed by atoms with Crippen molar-refractivity contribution >= 4 is 23.2 Å². The zero-order valence-electron chi connectivity index (χ0n) is 12.2. The Morgan fingerprint density at radius 1 is 1.10 bits per heavy atom. The summed E-state index contributed by atoms with van der Waals surface area (Å²) in [6, 6.07) is 12.3. The van der Waals surface area contributed by atoms with Gasteiger partial charge in [-0.1, -0.05) is 30.3 Å². The fourth-order valence-electron chi connectivity index (χ4n) is 2.95. The van der Waals surface area contributed by atoms with Crippen molar-refractivity contribution in [2.75, 3.05) is 5.32 Å². The molecule has 3 heteroatoms. The molecule has 1 N–H and O–H groups in total. The van der Waals surface area contributed by atoms with E-state index in [0.29, 0.717) is 6.42 Å². The molecule has 0 saturated carbocycles. The molecule has 2 nitrogen and oxygen atoms in total. The number of carbonyl (C=O) groups is 1. The number of amides is 1. The van der Waals surface area contributed by atoms with Crippen molar-refractivity contribution in [3.05, 3.63) is 64.2 Å². The first kappa shape index (κ1) is 14.2. The lowest BCUT2D eigenvalue weighted by Crippen LogP contribution is -2.19. The molecule has 1 atom stereocenters. The molecular weight excluding hydrogens is 282 g/mol. The van der Waals surface area contributed by atoms with Crippen LogP contribution in [-0.4, -0.2) is 5.91 Å². The van der Waals surface area contributed by atoms with E-state index in [2.05, 4.69) is 43.4 Å². The first-order valence-corrected chi connectivity index (χ1v) is 7.63. The molecule has 1 aliphatic heterocycles. The summed E-state index contributed by atoms with van der Waals surface area (Å²) < 4.78 is 0. The van der Waals surface area contributed by atoms with Crippen LogP contribution in [0.15, 0.2) is 36.4 Å². The van der Waals surface area contributed by atoms with Gasteiger partial charge in [0.05, 0.1) is 5.38 Å². The molecule has 1 unspecified atom stereocenters. The van der Waals surface area contributed by atoms with E-state index in [1.165, 1.54) is 22.3 Å². The Kier molecular flexibility index (Phi) is 3.73. The minimum atomic E-state index is -0.158. The van der Waals surface area contributed by atoms with Crippen LogP contribution in [0.3, 0.4) is 0 Å². The van der Waals surface area contributed by atoms with Gasteiger partial charge >= 0.3 is 0 Å². The van der Waals surface area contributed by atoms with Gasteiger partial charge in [0.25, 0.3) is 0 Å². The summed E-state index contributed by atoms with van der Waals surface area (Å²) in [4.78, 5) is 11.4. The van der Waals surface area contributed by atoms with Crippen LogP contribution in [0, 0.1) is 13.8 Å². The van der Waals surface area contributed by atoms with Gasteiger partial charge < -0.3 is 5.32 Å². The van der Waals surface area contributed by atoms with Crippen LogP contribution in [0.5, 0.6) is 0 Å². The van der Waals surface area contributed by atoms with E-state index in [4.69, 9.17) is 11.6 Å². The largest absolute Gasteiger partial charge is 0.326 e. The fourth-order valence-corrected chi connectivity index (χ4v) is 3.43. The molecular formula is C18H18ClNO. The monoisotopic (exact) mass is 299 g/mol. The van der Waals surface area contributed by atoms with Crippen LogP contribution in [0.4, 0.5) is 5.69 Å². The topological polar surface area (TPSA) is 29.1 Å². The summed E-state index contributed by atoms with van der Waals surface area (Å²) >= 11 is 6.73. The molecule has 1 heterocycles. The van der Waals surface area contributed by atoms with Crippen LogP contribution in [0.25, 0.3) is 0 Å². The molecule has 1 aliphatic rings. The molecule has 0 saturated heterocycles. The van der Waals surface area contributed by atoms with Gasteiger partial charge in [0.2, 0.25) is 5.91 Å². The first-order valence-electron chi connectivity index (χ1n) is 7.19. The Bertz CT molecular complexity index is 688. The molecule has 2 aromatic carbocycles. The number of carbonyl (C=O) groups excluding carboxylic acids is 1. The van der Waals surface area contributed by atoms with Crippen molar-refractivity contribution in [3.63, 3.8) is 0 Å². The molecule has 1 amide bonds. The third kappa shape index (κ3) is 2.68. The molecule has 0 aliphatic carbocycles. The zero-order chi connectivity index (χ0) is 15.0. The minimum absolute atomic E-state index is 0.0902. The summed E-state index contributed by atoms with van der Waals surface area (Å²) in [7, 11) is 0. The van der Waals surface area contributed by atoms with Gasteiger partial charge in [0.15, 0.2) is 0 Å². The van der Waals surface area contributed by atoms with E-state index >= 15 is 0 Å². The highest BCUT2D eigenvalue weighted by Crippen LogP contribution is 2.35. The quantitative estimate of drug-likeness (QED) is 0.812. The average molecular weight is 300 g/mol. The van der Waals surface area contributed by atoms with Crippen LogP contribution in [-0.2, 0) is 11.2 Å². The van der Waals surface area contributed by atoms with Crippen molar-refractivity contribution < 1.29 is 4.79 Å². The Balaban J connectivity index is 1.99. The minimum Gasteiger partial charge on any atom is -0.326 e.